The summed E-state index contributed by atoms with van der Waals surface area (Å²) in [6, 6.07) is 0. The fourth-order valence-electron chi connectivity index (χ4n) is 4.06. The molecule has 5 nitrogen and oxygen atoms in total. The number of carbonyl (C=O) groups is 1. The lowest BCUT2D eigenvalue weighted by Crippen LogP contribution is -2.42. The molecule has 2 bridgehead atoms. The van der Waals surface area contributed by atoms with Crippen LogP contribution in [0.2, 0.25) is 0 Å². The molecule has 4 atom stereocenters. The first kappa shape index (κ1) is 15.1. The van der Waals surface area contributed by atoms with Crippen LogP contribution in [0.5, 0.6) is 0 Å². The summed E-state index contributed by atoms with van der Waals surface area (Å²) in [5, 5.41) is 11.9. The van der Waals surface area contributed by atoms with Crippen molar-refractivity contribution in [2.45, 2.75) is 45.4 Å². The molecule has 0 aromatic rings. The molecule has 0 aromatic carbocycles. The molecule has 2 aliphatic rings. The number of carbonyl (C=O) groups excluding carboxylic acids is 1. The Morgan fingerprint density at radius 1 is 1.45 bits per heavy atom. The minimum absolute atomic E-state index is 0.00933. The minimum atomic E-state index is -0.478. The van der Waals surface area contributed by atoms with Gasteiger partial charge in [0.2, 0.25) is 5.91 Å². The largest absolute Gasteiger partial charge is 0.409 e. The quantitative estimate of drug-likeness (QED) is 0.338. The van der Waals surface area contributed by atoms with Crippen molar-refractivity contribution in [3.63, 3.8) is 0 Å². The van der Waals surface area contributed by atoms with E-state index < -0.39 is 5.92 Å². The van der Waals surface area contributed by atoms with Crippen molar-refractivity contribution in [2.24, 2.45) is 34.6 Å². The van der Waals surface area contributed by atoms with Gasteiger partial charge in [-0.15, -0.1) is 0 Å². The molecule has 0 aliphatic heterocycles. The Morgan fingerprint density at radius 3 is 2.70 bits per heavy atom. The van der Waals surface area contributed by atoms with Crippen LogP contribution in [-0.4, -0.2) is 35.4 Å². The Morgan fingerprint density at radius 2 is 2.20 bits per heavy atom. The van der Waals surface area contributed by atoms with E-state index in [2.05, 4.69) is 5.16 Å². The predicted molar refractivity (Wildman–Crippen MR) is 78.4 cm³/mol. The molecule has 0 aromatic heterocycles. The molecule has 0 spiro atoms. The standard InChI is InChI=1S/C15H27N3O2/c1-3-4-13(14(16)17-20)15(19)18(2)9-12-8-10-5-6-11(12)7-10/h10-13,20H,3-9H2,1-2H3,(H2,16,17). The van der Waals surface area contributed by atoms with Gasteiger partial charge >= 0.3 is 0 Å². The van der Waals surface area contributed by atoms with E-state index in [0.717, 1.165) is 24.8 Å². The Kier molecular flexibility index (Phi) is 4.89. The summed E-state index contributed by atoms with van der Waals surface area (Å²) < 4.78 is 0. The fraction of sp³-hybridized carbons (Fsp3) is 0.867. The van der Waals surface area contributed by atoms with E-state index in [4.69, 9.17) is 10.9 Å². The van der Waals surface area contributed by atoms with Crippen molar-refractivity contribution >= 4 is 11.7 Å². The highest BCUT2D eigenvalue weighted by Gasteiger charge is 2.40. The van der Waals surface area contributed by atoms with Gasteiger partial charge in [-0.25, -0.2) is 0 Å². The molecule has 2 rings (SSSR count). The number of nitrogens with zero attached hydrogens (tertiary/aromatic N) is 2. The van der Waals surface area contributed by atoms with E-state index in [1.165, 1.54) is 25.7 Å². The lowest BCUT2D eigenvalue weighted by Gasteiger charge is -2.29. The molecule has 5 heteroatoms. The van der Waals surface area contributed by atoms with Crippen LogP contribution in [0.1, 0.15) is 45.4 Å². The molecule has 20 heavy (non-hydrogen) atoms. The average molecular weight is 281 g/mol. The number of hydrogen-bond donors (Lipinski definition) is 2. The van der Waals surface area contributed by atoms with E-state index in [0.29, 0.717) is 12.3 Å². The average Bonchev–Trinajstić information content (AvgIpc) is 3.05. The highest BCUT2D eigenvalue weighted by atomic mass is 16.4. The van der Waals surface area contributed by atoms with Crippen LogP contribution in [-0.2, 0) is 4.79 Å². The van der Waals surface area contributed by atoms with Gasteiger partial charge in [-0.1, -0.05) is 24.9 Å². The maximum absolute atomic E-state index is 12.5. The van der Waals surface area contributed by atoms with Crippen molar-refractivity contribution < 1.29 is 10.0 Å². The van der Waals surface area contributed by atoms with Gasteiger partial charge in [0, 0.05) is 13.6 Å². The zero-order valence-corrected chi connectivity index (χ0v) is 12.6. The van der Waals surface area contributed by atoms with Crippen molar-refractivity contribution in [1.29, 1.82) is 0 Å². The second-order valence-electron chi connectivity index (χ2n) is 6.52. The Balaban J connectivity index is 1.93. The van der Waals surface area contributed by atoms with Crippen molar-refractivity contribution in [1.82, 2.24) is 4.90 Å². The van der Waals surface area contributed by atoms with Gasteiger partial charge in [0.25, 0.3) is 0 Å². The third-order valence-corrected chi connectivity index (χ3v) is 5.12. The smallest absolute Gasteiger partial charge is 0.233 e. The molecule has 0 saturated heterocycles. The van der Waals surface area contributed by atoms with Crippen LogP contribution < -0.4 is 5.73 Å². The van der Waals surface area contributed by atoms with Gasteiger partial charge in [-0.2, -0.15) is 0 Å². The number of rotatable bonds is 6. The number of nitrogens with two attached hydrogens (primary N) is 1. The van der Waals surface area contributed by atoms with Gasteiger partial charge in [0.1, 0.15) is 0 Å². The molecular formula is C15H27N3O2. The molecule has 2 saturated carbocycles. The van der Waals surface area contributed by atoms with Crippen LogP contribution >= 0.6 is 0 Å². The van der Waals surface area contributed by atoms with Gasteiger partial charge in [-0.05, 0) is 43.4 Å². The fourth-order valence-corrected chi connectivity index (χ4v) is 4.06. The van der Waals surface area contributed by atoms with Gasteiger partial charge in [-0.3, -0.25) is 4.79 Å². The molecule has 2 aliphatic carbocycles. The SMILES string of the molecule is CCCC(C(=O)N(C)CC1CC2CCC1C2)C(N)=NO. The van der Waals surface area contributed by atoms with E-state index in [1.54, 1.807) is 4.90 Å². The molecule has 0 heterocycles. The summed E-state index contributed by atoms with van der Waals surface area (Å²) in [5.41, 5.74) is 5.66. The number of hydrogen-bond acceptors (Lipinski definition) is 3. The molecule has 114 valence electrons. The highest BCUT2D eigenvalue weighted by Crippen LogP contribution is 2.48. The van der Waals surface area contributed by atoms with Crippen LogP contribution in [0, 0.1) is 23.7 Å². The molecule has 4 unspecified atom stereocenters. The zero-order chi connectivity index (χ0) is 14.7. The monoisotopic (exact) mass is 281 g/mol. The van der Waals surface area contributed by atoms with Crippen molar-refractivity contribution in [2.75, 3.05) is 13.6 Å². The van der Waals surface area contributed by atoms with Gasteiger partial charge < -0.3 is 15.8 Å². The summed E-state index contributed by atoms with van der Waals surface area (Å²) in [6.45, 7) is 2.82. The van der Waals surface area contributed by atoms with Crippen LogP contribution in [0.25, 0.3) is 0 Å². The first-order valence-corrected chi connectivity index (χ1v) is 7.79. The summed E-state index contributed by atoms with van der Waals surface area (Å²) in [4.78, 5) is 14.3. The number of fused-ring (bicyclic) bond motifs is 2. The Hall–Kier alpha value is -1.26. The summed E-state index contributed by atoms with van der Waals surface area (Å²) in [5.74, 6) is 1.90. The highest BCUT2D eigenvalue weighted by molar-refractivity contribution is 6.01. The van der Waals surface area contributed by atoms with Crippen molar-refractivity contribution in [3.8, 4) is 0 Å². The topological polar surface area (TPSA) is 78.9 Å². The molecule has 1 amide bonds. The normalized spacial score (nSPS) is 30.5. The number of amidine groups is 1. The predicted octanol–water partition coefficient (Wildman–Crippen LogP) is 2.04. The first-order chi connectivity index (χ1) is 9.56. The first-order valence-electron chi connectivity index (χ1n) is 7.79. The second-order valence-corrected chi connectivity index (χ2v) is 6.52. The maximum atomic E-state index is 12.5. The van der Waals surface area contributed by atoms with Crippen LogP contribution in [0.4, 0.5) is 0 Å². The second kappa shape index (κ2) is 6.46. The van der Waals surface area contributed by atoms with Gasteiger partial charge in [0.15, 0.2) is 5.84 Å². The third-order valence-electron chi connectivity index (χ3n) is 5.12. The lowest BCUT2D eigenvalue weighted by molar-refractivity contribution is -0.133. The maximum Gasteiger partial charge on any atom is 0.233 e. The van der Waals surface area contributed by atoms with Gasteiger partial charge in [0.05, 0.1) is 5.92 Å². The van der Waals surface area contributed by atoms with E-state index in [1.807, 2.05) is 14.0 Å². The van der Waals surface area contributed by atoms with Crippen LogP contribution in [0.15, 0.2) is 5.16 Å². The van der Waals surface area contributed by atoms with E-state index in [9.17, 15) is 4.79 Å². The number of oxime groups is 1. The van der Waals surface area contributed by atoms with E-state index >= 15 is 0 Å². The zero-order valence-electron chi connectivity index (χ0n) is 12.6. The minimum Gasteiger partial charge on any atom is -0.409 e. The lowest BCUT2D eigenvalue weighted by atomic mass is 9.88. The molecule has 0 radical (unpaired) electrons. The molecular weight excluding hydrogens is 254 g/mol. The third kappa shape index (κ3) is 3.07. The summed E-state index contributed by atoms with van der Waals surface area (Å²) in [7, 11) is 1.85. The Bertz CT molecular complexity index is 383. The summed E-state index contributed by atoms with van der Waals surface area (Å²) in [6.07, 6.45) is 6.80. The summed E-state index contributed by atoms with van der Waals surface area (Å²) >= 11 is 0. The van der Waals surface area contributed by atoms with E-state index in [-0.39, 0.29) is 11.7 Å². The Labute approximate surface area is 121 Å². The number of amides is 1. The molecule has 3 N–H and O–H groups in total. The van der Waals surface area contributed by atoms with Crippen molar-refractivity contribution in [3.05, 3.63) is 0 Å². The molecule has 2 fully saturated rings. The van der Waals surface area contributed by atoms with Crippen LogP contribution in [0.3, 0.4) is 0 Å².